The van der Waals surface area contributed by atoms with E-state index in [1.54, 1.807) is 11.8 Å². The Morgan fingerprint density at radius 1 is 1.17 bits per heavy atom. The minimum atomic E-state index is -0.292. The summed E-state index contributed by atoms with van der Waals surface area (Å²) in [6.07, 6.45) is 1.50. The zero-order valence-electron chi connectivity index (χ0n) is 16.9. The van der Waals surface area contributed by atoms with Gasteiger partial charge in [0.05, 0.1) is 34.5 Å². The van der Waals surface area contributed by atoms with E-state index in [1.807, 2.05) is 62.4 Å². The summed E-state index contributed by atoms with van der Waals surface area (Å²) in [6.45, 7) is 4.24. The summed E-state index contributed by atoms with van der Waals surface area (Å²) in [5.41, 5.74) is 4.62. The summed E-state index contributed by atoms with van der Waals surface area (Å²) in [5, 5.41) is 8.50. The van der Waals surface area contributed by atoms with Gasteiger partial charge in [0.2, 0.25) is 0 Å². The topological polar surface area (TPSA) is 69.0 Å². The fraction of sp³-hybridized carbons (Fsp3) is 0.174. The molecule has 2 heterocycles. The van der Waals surface area contributed by atoms with Gasteiger partial charge < -0.3 is 10.1 Å². The number of aromatic nitrogens is 3. The van der Waals surface area contributed by atoms with Crippen molar-refractivity contribution >= 4 is 28.5 Å². The van der Waals surface area contributed by atoms with Crippen LogP contribution in [0, 0.1) is 13.8 Å². The Balaban J connectivity index is 1.63. The predicted molar refractivity (Wildman–Crippen MR) is 118 cm³/mol. The van der Waals surface area contributed by atoms with Crippen molar-refractivity contribution in [3.05, 3.63) is 82.1 Å². The molecule has 6 nitrogen and oxygen atoms in total. The average Bonchev–Trinajstić information content (AvgIpc) is 3.10. The SMILES string of the molecule is COc1cccc(CNC(=O)c2cnc3c(c(C)nn3-c3ccc(C)cc3)c2Cl)c1. The van der Waals surface area contributed by atoms with E-state index in [0.29, 0.717) is 33.9 Å². The van der Waals surface area contributed by atoms with Gasteiger partial charge in [-0.05, 0) is 43.7 Å². The molecule has 1 N–H and O–H groups in total. The van der Waals surface area contributed by atoms with Crippen molar-refractivity contribution in [2.24, 2.45) is 0 Å². The van der Waals surface area contributed by atoms with E-state index < -0.39 is 0 Å². The molecule has 152 valence electrons. The number of carbonyl (C=O) groups excluding carboxylic acids is 1. The first kappa shape index (κ1) is 19.9. The summed E-state index contributed by atoms with van der Waals surface area (Å²) in [7, 11) is 1.61. The zero-order valence-corrected chi connectivity index (χ0v) is 17.7. The molecule has 1 amide bonds. The van der Waals surface area contributed by atoms with Gasteiger partial charge in [0.15, 0.2) is 5.65 Å². The number of hydrogen-bond acceptors (Lipinski definition) is 4. The number of ether oxygens (including phenoxy) is 1. The van der Waals surface area contributed by atoms with Crippen molar-refractivity contribution in [1.82, 2.24) is 20.1 Å². The van der Waals surface area contributed by atoms with Crippen LogP contribution in [0.1, 0.15) is 27.2 Å². The molecule has 0 bridgehead atoms. The number of methoxy groups -OCH3 is 1. The number of hydrogen-bond donors (Lipinski definition) is 1. The van der Waals surface area contributed by atoms with E-state index >= 15 is 0 Å². The molecule has 0 spiro atoms. The first-order chi connectivity index (χ1) is 14.5. The Hall–Kier alpha value is -3.38. The smallest absolute Gasteiger partial charge is 0.254 e. The van der Waals surface area contributed by atoms with Gasteiger partial charge in [0.25, 0.3) is 5.91 Å². The molecule has 2 aromatic heterocycles. The number of pyridine rings is 1. The highest BCUT2D eigenvalue weighted by Gasteiger charge is 2.20. The summed E-state index contributed by atoms with van der Waals surface area (Å²) in [4.78, 5) is 17.3. The highest BCUT2D eigenvalue weighted by Crippen LogP contribution is 2.30. The first-order valence-electron chi connectivity index (χ1n) is 9.50. The van der Waals surface area contributed by atoms with Crippen LogP contribution in [0.3, 0.4) is 0 Å². The molecule has 0 radical (unpaired) electrons. The lowest BCUT2D eigenvalue weighted by Crippen LogP contribution is -2.23. The van der Waals surface area contributed by atoms with E-state index in [2.05, 4.69) is 15.4 Å². The maximum Gasteiger partial charge on any atom is 0.254 e. The molecule has 0 aliphatic carbocycles. The molecule has 0 fully saturated rings. The lowest BCUT2D eigenvalue weighted by Gasteiger charge is -2.09. The molecule has 0 saturated heterocycles. The average molecular weight is 421 g/mol. The predicted octanol–water partition coefficient (Wildman–Crippen LogP) is 4.63. The van der Waals surface area contributed by atoms with Gasteiger partial charge >= 0.3 is 0 Å². The first-order valence-corrected chi connectivity index (χ1v) is 9.87. The third-order valence-electron chi connectivity index (χ3n) is 4.92. The van der Waals surface area contributed by atoms with E-state index in [9.17, 15) is 4.79 Å². The van der Waals surface area contributed by atoms with Gasteiger partial charge in [-0.1, -0.05) is 41.4 Å². The number of carbonyl (C=O) groups is 1. The number of halogens is 1. The minimum absolute atomic E-state index is 0.292. The third kappa shape index (κ3) is 3.74. The monoisotopic (exact) mass is 420 g/mol. The number of nitrogens with zero attached hydrogens (tertiary/aromatic N) is 3. The third-order valence-corrected chi connectivity index (χ3v) is 5.31. The largest absolute Gasteiger partial charge is 0.497 e. The molecule has 30 heavy (non-hydrogen) atoms. The second-order valence-corrected chi connectivity index (χ2v) is 7.43. The summed E-state index contributed by atoms with van der Waals surface area (Å²) in [6, 6.07) is 15.5. The molecule has 4 rings (SSSR count). The lowest BCUT2D eigenvalue weighted by molar-refractivity contribution is 0.0951. The normalized spacial score (nSPS) is 10.9. The van der Waals surface area contributed by atoms with Crippen LogP contribution in [-0.4, -0.2) is 27.8 Å². The van der Waals surface area contributed by atoms with Gasteiger partial charge in [0.1, 0.15) is 5.75 Å². The maximum absolute atomic E-state index is 12.8. The number of amides is 1. The van der Waals surface area contributed by atoms with Crippen molar-refractivity contribution in [2.45, 2.75) is 20.4 Å². The second-order valence-electron chi connectivity index (χ2n) is 7.05. The molecule has 0 saturated carbocycles. The van der Waals surface area contributed by atoms with Gasteiger partial charge in [0, 0.05) is 12.7 Å². The van der Waals surface area contributed by atoms with Crippen LogP contribution in [0.2, 0.25) is 5.02 Å². The van der Waals surface area contributed by atoms with Crippen molar-refractivity contribution in [2.75, 3.05) is 7.11 Å². The molecule has 0 aliphatic heterocycles. The fourth-order valence-corrected chi connectivity index (χ4v) is 3.65. The van der Waals surface area contributed by atoms with Crippen LogP contribution < -0.4 is 10.1 Å². The van der Waals surface area contributed by atoms with Gasteiger partial charge in [-0.3, -0.25) is 4.79 Å². The Kier molecular flexibility index (Phi) is 5.42. The van der Waals surface area contributed by atoms with Crippen LogP contribution in [0.25, 0.3) is 16.7 Å². The van der Waals surface area contributed by atoms with Gasteiger partial charge in [-0.15, -0.1) is 0 Å². The second kappa shape index (κ2) is 8.16. The fourth-order valence-electron chi connectivity index (χ4n) is 3.29. The van der Waals surface area contributed by atoms with Crippen molar-refractivity contribution in [1.29, 1.82) is 0 Å². The van der Waals surface area contributed by atoms with Crippen molar-refractivity contribution in [3.63, 3.8) is 0 Å². The summed E-state index contributed by atoms with van der Waals surface area (Å²) >= 11 is 6.62. The minimum Gasteiger partial charge on any atom is -0.497 e. The zero-order chi connectivity index (χ0) is 21.3. The molecule has 4 aromatic rings. The molecule has 0 atom stereocenters. The van der Waals surface area contributed by atoms with E-state index in [-0.39, 0.29) is 5.91 Å². The summed E-state index contributed by atoms with van der Waals surface area (Å²) < 4.78 is 6.96. The number of benzene rings is 2. The molecule has 0 unspecified atom stereocenters. The van der Waals surface area contributed by atoms with Crippen LogP contribution in [-0.2, 0) is 6.54 Å². The number of nitrogens with one attached hydrogen (secondary N) is 1. The quantitative estimate of drug-likeness (QED) is 0.511. The highest BCUT2D eigenvalue weighted by atomic mass is 35.5. The van der Waals surface area contributed by atoms with Crippen molar-refractivity contribution < 1.29 is 9.53 Å². The molecule has 0 aliphatic rings. The van der Waals surface area contributed by atoms with E-state index in [0.717, 1.165) is 22.6 Å². The standard InChI is InChI=1S/C23H21ClN4O2/c1-14-7-9-17(10-8-14)28-22-20(15(2)27-28)21(24)19(13-25-22)23(29)26-12-16-5-4-6-18(11-16)30-3/h4-11,13H,12H2,1-3H3,(H,26,29). The number of fused-ring (bicyclic) bond motifs is 1. The van der Waals surface area contributed by atoms with Crippen LogP contribution >= 0.6 is 11.6 Å². The molecular formula is C23H21ClN4O2. The lowest BCUT2D eigenvalue weighted by atomic mass is 10.1. The number of rotatable bonds is 5. The van der Waals surface area contributed by atoms with Crippen LogP contribution in [0.4, 0.5) is 0 Å². The Labute approximate surface area is 179 Å². The summed E-state index contributed by atoms with van der Waals surface area (Å²) in [5.74, 6) is 0.446. The number of aryl methyl sites for hydroxylation is 2. The van der Waals surface area contributed by atoms with E-state index in [4.69, 9.17) is 16.3 Å². The maximum atomic E-state index is 12.8. The Morgan fingerprint density at radius 3 is 2.67 bits per heavy atom. The van der Waals surface area contributed by atoms with Crippen molar-refractivity contribution in [3.8, 4) is 11.4 Å². The van der Waals surface area contributed by atoms with E-state index in [1.165, 1.54) is 6.20 Å². The van der Waals surface area contributed by atoms with Crippen LogP contribution in [0.5, 0.6) is 5.75 Å². The van der Waals surface area contributed by atoms with Gasteiger partial charge in [-0.2, -0.15) is 5.10 Å². The molecule has 2 aromatic carbocycles. The highest BCUT2D eigenvalue weighted by molar-refractivity contribution is 6.38. The molecular weight excluding hydrogens is 400 g/mol. The Bertz CT molecular complexity index is 1230. The molecule has 7 heteroatoms. The van der Waals surface area contributed by atoms with Crippen LogP contribution in [0.15, 0.2) is 54.7 Å². The van der Waals surface area contributed by atoms with Gasteiger partial charge in [-0.25, -0.2) is 9.67 Å². The Morgan fingerprint density at radius 2 is 1.93 bits per heavy atom.